The maximum absolute atomic E-state index is 7.18. The molecule has 0 nitrogen and oxygen atoms in total. The van der Waals surface area contributed by atoms with Gasteiger partial charge in [0, 0.05) is 0 Å². The van der Waals surface area contributed by atoms with Crippen molar-refractivity contribution < 1.29 is 0 Å². The van der Waals surface area contributed by atoms with Crippen LogP contribution in [0.1, 0.15) is 69.4 Å². The van der Waals surface area contributed by atoms with Crippen molar-refractivity contribution in [3.8, 4) is 0 Å². The maximum atomic E-state index is 7.18. The summed E-state index contributed by atoms with van der Waals surface area (Å²) in [5.74, 6) is 0.760. The molecule has 0 radical (unpaired) electrons. The number of rotatable bonds is 7. The highest BCUT2D eigenvalue weighted by Gasteiger charge is 2.36. The van der Waals surface area contributed by atoms with Crippen molar-refractivity contribution >= 4 is 19.7 Å². The second-order valence-corrected chi connectivity index (χ2v) is 13.3. The van der Waals surface area contributed by atoms with Gasteiger partial charge in [0.1, 0.15) is 0 Å². The fourth-order valence-electron chi connectivity index (χ4n) is 4.49. The summed E-state index contributed by atoms with van der Waals surface area (Å²) in [5.41, 5.74) is 2.66. The third-order valence-corrected chi connectivity index (χ3v) is 12.8. The minimum atomic E-state index is -1.47. The molecule has 0 heterocycles. The monoisotopic (exact) mass is 362 g/mol. The fourth-order valence-corrected chi connectivity index (χ4v) is 9.50. The predicted molar refractivity (Wildman–Crippen MR) is 112 cm³/mol. The Morgan fingerprint density at radius 1 is 1.08 bits per heavy atom. The molecule has 1 fully saturated rings. The van der Waals surface area contributed by atoms with E-state index in [1.165, 1.54) is 61.4 Å². The summed E-state index contributed by atoms with van der Waals surface area (Å²) in [6, 6.07) is 12.6. The van der Waals surface area contributed by atoms with Crippen LogP contribution < -0.4 is 0 Å². The van der Waals surface area contributed by atoms with Gasteiger partial charge in [-0.15, -0.1) is 11.6 Å². The highest BCUT2D eigenvalue weighted by molar-refractivity contribution is 6.87. The Balaban J connectivity index is 2.45. The number of hydrogen-bond acceptors (Lipinski definition) is 0. The van der Waals surface area contributed by atoms with Crippen molar-refractivity contribution in [2.24, 2.45) is 5.92 Å². The second kappa shape index (κ2) is 9.24. The molecule has 1 atom stereocenters. The summed E-state index contributed by atoms with van der Waals surface area (Å²) in [4.78, 5) is 0. The lowest BCUT2D eigenvalue weighted by Gasteiger charge is -2.36. The van der Waals surface area contributed by atoms with Gasteiger partial charge >= 0.3 is 0 Å². The molecule has 1 aliphatic carbocycles. The van der Waals surface area contributed by atoms with Gasteiger partial charge in [0.05, 0.1) is 13.5 Å². The van der Waals surface area contributed by atoms with Crippen molar-refractivity contribution in [1.82, 2.24) is 0 Å². The van der Waals surface area contributed by atoms with E-state index in [4.69, 9.17) is 11.6 Å². The summed E-state index contributed by atoms with van der Waals surface area (Å²) < 4.78 is 0. The first-order chi connectivity index (χ1) is 11.6. The summed E-state index contributed by atoms with van der Waals surface area (Å²) in [6.45, 7) is 9.40. The fraction of sp³-hybridized carbons (Fsp3) is 0.636. The first-order valence-electron chi connectivity index (χ1n) is 9.99. The van der Waals surface area contributed by atoms with Gasteiger partial charge in [0.25, 0.3) is 0 Å². The van der Waals surface area contributed by atoms with E-state index in [-0.39, 0.29) is 5.38 Å². The van der Waals surface area contributed by atoms with Gasteiger partial charge < -0.3 is 0 Å². The van der Waals surface area contributed by atoms with Gasteiger partial charge in [0.2, 0.25) is 0 Å². The van der Waals surface area contributed by atoms with Crippen LogP contribution in [0.15, 0.2) is 35.5 Å². The molecule has 0 amide bonds. The van der Waals surface area contributed by atoms with Crippen LogP contribution >= 0.6 is 11.6 Å². The van der Waals surface area contributed by atoms with E-state index in [0.29, 0.717) is 0 Å². The molecule has 2 rings (SSSR count). The van der Waals surface area contributed by atoms with E-state index in [2.05, 4.69) is 58.0 Å². The number of halogens is 1. The lowest BCUT2D eigenvalue weighted by molar-refractivity contribution is 0.418. The minimum absolute atomic E-state index is 0.0691. The van der Waals surface area contributed by atoms with E-state index < -0.39 is 8.07 Å². The molecule has 24 heavy (non-hydrogen) atoms. The molecule has 1 aromatic rings. The molecular weight excluding hydrogens is 328 g/mol. The van der Waals surface area contributed by atoms with Crippen molar-refractivity contribution in [1.29, 1.82) is 0 Å². The Morgan fingerprint density at radius 2 is 1.67 bits per heavy atom. The van der Waals surface area contributed by atoms with Crippen molar-refractivity contribution in [2.45, 2.75) is 83.3 Å². The van der Waals surface area contributed by atoms with Crippen molar-refractivity contribution in [2.75, 3.05) is 0 Å². The van der Waals surface area contributed by atoms with Gasteiger partial charge in [-0.05, 0) is 36.8 Å². The lowest BCUT2D eigenvalue weighted by Crippen LogP contribution is -2.37. The van der Waals surface area contributed by atoms with E-state index in [0.717, 1.165) is 5.92 Å². The quantitative estimate of drug-likeness (QED) is 0.342. The normalized spacial score (nSPS) is 18.6. The zero-order valence-electron chi connectivity index (χ0n) is 16.1. The van der Waals surface area contributed by atoms with Crippen LogP contribution in [0.25, 0.3) is 0 Å². The summed E-state index contributed by atoms with van der Waals surface area (Å²) in [6.07, 6.45) is 9.59. The first-order valence-corrected chi connectivity index (χ1v) is 13.1. The van der Waals surface area contributed by atoms with E-state index in [1.54, 1.807) is 5.20 Å². The summed E-state index contributed by atoms with van der Waals surface area (Å²) in [5, 5.41) is 1.71. The van der Waals surface area contributed by atoms with Gasteiger partial charge in [-0.2, -0.15) is 0 Å². The highest BCUT2D eigenvalue weighted by atomic mass is 35.5. The van der Waals surface area contributed by atoms with Crippen LogP contribution in [-0.2, 0) is 0 Å². The molecule has 1 aromatic carbocycles. The van der Waals surface area contributed by atoms with Crippen LogP contribution in [-0.4, -0.2) is 8.07 Å². The number of alkyl halides is 1. The third-order valence-electron chi connectivity index (χ3n) is 6.44. The van der Waals surface area contributed by atoms with Crippen molar-refractivity contribution in [3.63, 3.8) is 0 Å². The predicted octanol–water partition coefficient (Wildman–Crippen LogP) is 7.83. The van der Waals surface area contributed by atoms with E-state index in [9.17, 15) is 0 Å². The number of benzene rings is 1. The Morgan fingerprint density at radius 3 is 2.21 bits per heavy atom. The maximum Gasteiger partial charge on any atom is 0.0827 e. The molecule has 0 saturated heterocycles. The van der Waals surface area contributed by atoms with Gasteiger partial charge in [-0.25, -0.2) is 0 Å². The number of aryl methyl sites for hydroxylation is 1. The van der Waals surface area contributed by atoms with Crippen LogP contribution in [0.4, 0.5) is 0 Å². The number of hydrogen-bond donors (Lipinski definition) is 0. The molecule has 0 spiro atoms. The van der Waals surface area contributed by atoms with Gasteiger partial charge in [-0.3, -0.25) is 0 Å². The second-order valence-electron chi connectivity index (χ2n) is 7.58. The van der Waals surface area contributed by atoms with Crippen LogP contribution in [0.3, 0.4) is 0 Å². The average molecular weight is 363 g/mol. The molecule has 2 heteroatoms. The standard InChI is InChI=1S/C22H35ClSi/c1-5-24(6-2,7-3)21(17-19-14-9-8-10-15-19)22(23)20-16-12-11-13-18(20)4/h11-13,16-17,19,22H,5-10,14-15H2,1-4H3/b21-17-. The Kier molecular flexibility index (Phi) is 7.62. The SMILES string of the molecule is CC[Si](CC)(CC)/C(=C\C1CCCCC1)C(Cl)c1ccccc1C. The highest BCUT2D eigenvalue weighted by Crippen LogP contribution is 2.43. The Hall–Kier alpha value is -0.533. The minimum Gasteiger partial charge on any atom is -0.113 e. The molecular formula is C22H35ClSi. The molecule has 1 aliphatic rings. The van der Waals surface area contributed by atoms with Gasteiger partial charge in [0.15, 0.2) is 0 Å². The molecule has 0 aromatic heterocycles. The van der Waals surface area contributed by atoms with Crippen LogP contribution in [0.2, 0.25) is 18.1 Å². The van der Waals surface area contributed by atoms with E-state index >= 15 is 0 Å². The first kappa shape index (κ1) is 19.8. The third kappa shape index (κ3) is 4.35. The molecule has 0 aliphatic heterocycles. The Labute approximate surface area is 155 Å². The molecule has 0 N–H and O–H groups in total. The Bertz CT molecular complexity index is 530. The largest absolute Gasteiger partial charge is 0.113 e. The summed E-state index contributed by atoms with van der Waals surface area (Å²) >= 11 is 7.18. The topological polar surface area (TPSA) is 0 Å². The molecule has 1 unspecified atom stereocenters. The van der Waals surface area contributed by atoms with Gasteiger partial charge in [-0.1, -0.05) is 93.7 Å². The average Bonchev–Trinajstić information content (AvgIpc) is 2.63. The van der Waals surface area contributed by atoms with Crippen LogP contribution in [0.5, 0.6) is 0 Å². The number of allylic oxidation sites excluding steroid dienone is 2. The summed E-state index contributed by atoms with van der Waals surface area (Å²) in [7, 11) is -1.47. The van der Waals surface area contributed by atoms with Crippen LogP contribution in [0, 0.1) is 12.8 Å². The smallest absolute Gasteiger partial charge is 0.0827 e. The molecule has 0 bridgehead atoms. The molecule has 1 saturated carbocycles. The zero-order valence-corrected chi connectivity index (χ0v) is 17.8. The van der Waals surface area contributed by atoms with E-state index in [1.807, 2.05) is 0 Å². The zero-order chi connectivity index (χ0) is 17.6. The van der Waals surface area contributed by atoms with Crippen molar-refractivity contribution in [3.05, 3.63) is 46.7 Å². The molecule has 134 valence electrons. The lowest BCUT2D eigenvalue weighted by atomic mass is 9.88.